The van der Waals surface area contributed by atoms with Crippen LogP contribution in [0.25, 0.3) is 127 Å². The summed E-state index contributed by atoms with van der Waals surface area (Å²) in [4.78, 5) is 4.59. The molecule has 0 unspecified atom stereocenters. The van der Waals surface area contributed by atoms with Crippen LogP contribution in [0.15, 0.2) is 333 Å². The SMILES string of the molecule is [2H]c1c([2H])c([2H])c2c(c1[2H])c1c([2H])c([2H])c([2H])c([2H])c1n2-c1ccc2c(c1)N(c1c(-c3ccccc3)cc(C(C)(C)C)cc1-c1ccccc1)c1cc(-n3c4c([2H])c([2H])c([2H])c([2H])c4c4c([2H])c([2H])c([2H])c([2H])c43)cc3c1B2c1ccc(-c2cc(C(C)(C)C)cc(C(C)(C)C)c2)cc1N3c1c(-c2ccccc2)ccc2c1c1ccccc1n2-c1ccccc1. The van der Waals surface area contributed by atoms with Crippen molar-refractivity contribution < 1.29 is 21.9 Å². The summed E-state index contributed by atoms with van der Waals surface area (Å²) in [5.74, 6) is 0. The fraction of sp³-hybridized carbons (Fsp3) is 0.118. The second-order valence-electron chi connectivity index (χ2n) is 31.7. The normalized spacial score (nSPS) is 15.1. The molecular weight excluding hydrogens is 1310 g/mol. The predicted molar refractivity (Wildman–Crippen MR) is 461 cm³/mol. The topological polar surface area (TPSA) is 21.3 Å². The lowest BCUT2D eigenvalue weighted by Gasteiger charge is -2.46. The van der Waals surface area contributed by atoms with Crippen LogP contribution in [-0.4, -0.2) is 20.4 Å². The van der Waals surface area contributed by atoms with Gasteiger partial charge in [-0.3, -0.25) is 0 Å². The van der Waals surface area contributed by atoms with E-state index in [2.05, 4.69) is 210 Å². The van der Waals surface area contributed by atoms with E-state index in [-0.39, 0.29) is 65.8 Å². The van der Waals surface area contributed by atoms with E-state index < -0.39 is 109 Å². The van der Waals surface area contributed by atoms with Crippen molar-refractivity contribution in [2.75, 3.05) is 9.80 Å². The van der Waals surface area contributed by atoms with E-state index in [4.69, 9.17) is 0 Å². The molecule has 0 spiro atoms. The third kappa shape index (κ3) is 10.2. The summed E-state index contributed by atoms with van der Waals surface area (Å²) in [6.45, 7) is 19.1. The highest BCUT2D eigenvalue weighted by Crippen LogP contribution is 2.56. The van der Waals surface area contributed by atoms with Gasteiger partial charge in [-0.1, -0.05) is 305 Å². The largest absolute Gasteiger partial charge is 0.310 e. The monoisotopic (exact) mass is 1400 g/mol. The molecule has 20 rings (SSSR count). The van der Waals surface area contributed by atoms with E-state index in [9.17, 15) is 21.9 Å². The van der Waals surface area contributed by atoms with Crippen molar-refractivity contribution in [2.45, 2.75) is 78.6 Å². The third-order valence-electron chi connectivity index (χ3n) is 22.1. The van der Waals surface area contributed by atoms with Crippen LogP contribution < -0.4 is 26.2 Å². The van der Waals surface area contributed by atoms with Crippen LogP contribution in [0, 0.1) is 0 Å². The van der Waals surface area contributed by atoms with Gasteiger partial charge in [-0.2, -0.15) is 0 Å². The Hall–Kier alpha value is -12.6. The van der Waals surface area contributed by atoms with Crippen LogP contribution in [0.2, 0.25) is 0 Å². The molecule has 0 atom stereocenters. The molecule has 108 heavy (non-hydrogen) atoms. The Bertz CT molecular complexity index is 7450. The smallest absolute Gasteiger partial charge is 0.252 e. The molecule has 5 heterocycles. The van der Waals surface area contributed by atoms with E-state index in [0.29, 0.717) is 22.7 Å². The minimum absolute atomic E-state index is 0.0846. The fourth-order valence-electron chi connectivity index (χ4n) is 16.9. The van der Waals surface area contributed by atoms with Crippen LogP contribution in [0.4, 0.5) is 34.1 Å². The fourth-order valence-corrected chi connectivity index (χ4v) is 16.9. The van der Waals surface area contributed by atoms with Gasteiger partial charge in [-0.15, -0.1) is 0 Å². The van der Waals surface area contributed by atoms with Crippen LogP contribution >= 0.6 is 0 Å². The zero-order chi connectivity index (χ0) is 87.0. The van der Waals surface area contributed by atoms with Crippen molar-refractivity contribution in [3.8, 4) is 61.6 Å². The van der Waals surface area contributed by atoms with E-state index >= 15 is 0 Å². The maximum absolute atomic E-state index is 10.3. The first kappa shape index (κ1) is 50.0. The zero-order valence-electron chi connectivity index (χ0n) is 77.3. The van der Waals surface area contributed by atoms with Gasteiger partial charge in [0.25, 0.3) is 6.71 Å². The number of benzene rings is 15. The van der Waals surface area contributed by atoms with Crippen molar-refractivity contribution >= 4 is 123 Å². The van der Waals surface area contributed by atoms with Crippen molar-refractivity contribution in [2.24, 2.45) is 0 Å². The van der Waals surface area contributed by atoms with Crippen LogP contribution in [-0.2, 0) is 16.2 Å². The molecule has 15 aromatic carbocycles. The van der Waals surface area contributed by atoms with E-state index in [1.807, 2.05) is 103 Å². The Labute approximate surface area is 655 Å². The Kier molecular flexibility index (Phi) is 11.3. The van der Waals surface area contributed by atoms with Gasteiger partial charge >= 0.3 is 0 Å². The number of aromatic nitrogens is 3. The lowest BCUT2D eigenvalue weighted by molar-refractivity contribution is 0.569. The number of anilines is 6. The van der Waals surface area contributed by atoms with Crippen molar-refractivity contribution in [3.05, 3.63) is 350 Å². The second-order valence-corrected chi connectivity index (χ2v) is 31.7. The summed E-state index contributed by atoms with van der Waals surface area (Å²) in [5, 5.41) is 1.35. The standard InChI is InChI=1S/C102H82BN5/c1-100(2,3)70-56-69(57-71(59-70)101(4,5)6)68-50-53-84-92(58-68)108(99-76(65-32-14-10-15-33-65)52-55-91-96(99)81-44-26-31-49-90(81)104(91)73-38-20-13-21-39-73)95-64-75(106-88-47-29-24-42-79(88)80-43-25-30-48-89(80)106)63-94-97(95)103(84)85-54-51-74(105-86-45-27-22-40-77(86)78-41-23-28-46-87(78)105)62-93(85)107(94)98-82(66-34-16-11-17-35-66)60-72(102(7,8)9)61-83(98)67-36-18-12-19-37-67/h10-64H,1-9H3/i22D,23D,24D,25D,27D,28D,29D,30D,40D,41D,42D,43D,45D,46D,47D,48D. The molecule has 0 aliphatic carbocycles. The first-order chi connectivity index (χ1) is 59.2. The molecule has 0 radical (unpaired) electrons. The Balaban J connectivity index is 1.06. The molecule has 0 amide bonds. The van der Waals surface area contributed by atoms with Crippen molar-refractivity contribution in [3.63, 3.8) is 0 Å². The molecule has 0 N–H and O–H groups in total. The molecule has 5 nitrogen and oxygen atoms in total. The summed E-state index contributed by atoms with van der Waals surface area (Å²) >= 11 is 0. The van der Waals surface area contributed by atoms with Crippen molar-refractivity contribution in [1.29, 1.82) is 0 Å². The molecule has 3 aromatic heterocycles. The number of hydrogen-bond acceptors (Lipinski definition) is 2. The zero-order valence-corrected chi connectivity index (χ0v) is 61.3. The predicted octanol–water partition coefficient (Wildman–Crippen LogP) is 25.6. The molecule has 0 fully saturated rings. The highest BCUT2D eigenvalue weighted by Gasteiger charge is 2.46. The number of para-hydroxylation sites is 6. The van der Waals surface area contributed by atoms with E-state index in [0.717, 1.165) is 116 Å². The van der Waals surface area contributed by atoms with Crippen LogP contribution in [0.3, 0.4) is 0 Å². The van der Waals surface area contributed by atoms with E-state index in [1.165, 1.54) is 0 Å². The van der Waals surface area contributed by atoms with Gasteiger partial charge in [0, 0.05) is 83.1 Å². The Morgan fingerprint density at radius 1 is 0.269 bits per heavy atom. The van der Waals surface area contributed by atoms with Crippen LogP contribution in [0.1, 0.15) is 101 Å². The second kappa shape index (κ2) is 24.5. The molecule has 0 bridgehead atoms. The Morgan fingerprint density at radius 3 is 1.19 bits per heavy atom. The highest BCUT2D eigenvalue weighted by molar-refractivity contribution is 7.00. The molecule has 518 valence electrons. The number of nitrogens with zero attached hydrogens (tertiary/aromatic N) is 5. The van der Waals surface area contributed by atoms with Gasteiger partial charge in [0.15, 0.2) is 0 Å². The van der Waals surface area contributed by atoms with Gasteiger partial charge in [0.2, 0.25) is 0 Å². The highest BCUT2D eigenvalue weighted by atomic mass is 15.2. The summed E-state index contributed by atoms with van der Waals surface area (Å²) < 4.78 is 161. The van der Waals surface area contributed by atoms with Gasteiger partial charge < -0.3 is 23.5 Å². The summed E-state index contributed by atoms with van der Waals surface area (Å²) in [6.07, 6.45) is 0. The molecular formula is C102H82BN5. The summed E-state index contributed by atoms with van der Waals surface area (Å²) in [5.41, 5.74) is 17.6. The number of hydrogen-bond donors (Lipinski definition) is 0. The summed E-state index contributed by atoms with van der Waals surface area (Å²) in [6, 6.07) is 72.8. The number of fused-ring (bicyclic) bond motifs is 13. The minimum atomic E-state index is -0.814. The minimum Gasteiger partial charge on any atom is -0.310 e. The van der Waals surface area contributed by atoms with E-state index in [1.54, 1.807) is 9.13 Å². The molecule has 6 heteroatoms. The molecule has 0 saturated carbocycles. The third-order valence-corrected chi connectivity index (χ3v) is 22.1. The lowest BCUT2D eigenvalue weighted by Crippen LogP contribution is -2.61. The average Bonchev–Trinajstić information content (AvgIpc) is 0.826. The maximum Gasteiger partial charge on any atom is 0.252 e. The first-order valence-corrected chi connectivity index (χ1v) is 36.9. The Morgan fingerprint density at radius 2 is 0.676 bits per heavy atom. The lowest BCUT2D eigenvalue weighted by atomic mass is 9.33. The first-order valence-electron chi connectivity index (χ1n) is 44.9. The van der Waals surface area contributed by atoms with Crippen LogP contribution in [0.5, 0.6) is 0 Å². The molecule has 0 saturated heterocycles. The van der Waals surface area contributed by atoms with Gasteiger partial charge in [0.1, 0.15) is 0 Å². The number of rotatable bonds is 9. The molecule has 18 aromatic rings. The average molecular weight is 1400 g/mol. The van der Waals surface area contributed by atoms with Crippen molar-refractivity contribution in [1.82, 2.24) is 13.7 Å². The maximum atomic E-state index is 10.3. The van der Waals surface area contributed by atoms with Gasteiger partial charge in [0.05, 0.1) is 72.1 Å². The summed E-state index contributed by atoms with van der Waals surface area (Å²) in [7, 11) is 0. The van der Waals surface area contributed by atoms with Gasteiger partial charge in [-0.25, -0.2) is 0 Å². The quantitative estimate of drug-likeness (QED) is 0.134. The molecule has 2 aliphatic heterocycles. The van der Waals surface area contributed by atoms with Gasteiger partial charge in [-0.05, 0) is 168 Å². The molecule has 2 aliphatic rings.